The van der Waals surface area contributed by atoms with Gasteiger partial charge in [0.1, 0.15) is 0 Å². The van der Waals surface area contributed by atoms with Crippen LogP contribution in [0.1, 0.15) is 30.7 Å². The molecular formula is C17H22N2. The number of nitrogens with one attached hydrogen (secondary N) is 1. The van der Waals surface area contributed by atoms with Gasteiger partial charge in [0.25, 0.3) is 0 Å². The molecule has 0 atom stereocenters. The molecule has 1 N–H and O–H groups in total. The Morgan fingerprint density at radius 2 is 2.05 bits per heavy atom. The number of para-hydroxylation sites is 1. The van der Waals surface area contributed by atoms with Crippen molar-refractivity contribution in [2.24, 2.45) is 0 Å². The fourth-order valence-electron chi connectivity index (χ4n) is 3.15. The molecule has 100 valence electrons. The number of piperidine rings is 1. The third-order valence-electron chi connectivity index (χ3n) is 4.17. The predicted molar refractivity (Wildman–Crippen MR) is 81.6 cm³/mol. The van der Waals surface area contributed by atoms with Crippen molar-refractivity contribution < 1.29 is 0 Å². The fourth-order valence-corrected chi connectivity index (χ4v) is 3.15. The zero-order valence-electron chi connectivity index (χ0n) is 11.4. The van der Waals surface area contributed by atoms with E-state index >= 15 is 0 Å². The molecule has 0 radical (unpaired) electrons. The number of nitrogens with zero attached hydrogens (tertiary/aromatic N) is 1. The molecule has 1 fully saturated rings. The van der Waals surface area contributed by atoms with Gasteiger partial charge < -0.3 is 9.88 Å². The second kappa shape index (κ2) is 5.62. The number of hydrogen-bond acceptors (Lipinski definition) is 1. The highest BCUT2D eigenvalue weighted by Crippen LogP contribution is 2.32. The van der Waals surface area contributed by atoms with E-state index in [2.05, 4.69) is 46.9 Å². The highest BCUT2D eigenvalue weighted by atomic mass is 15.0. The zero-order valence-corrected chi connectivity index (χ0v) is 11.4. The minimum Gasteiger partial charge on any atom is -0.347 e. The van der Waals surface area contributed by atoms with Crippen LogP contribution >= 0.6 is 0 Å². The molecule has 1 aromatic heterocycles. The third-order valence-corrected chi connectivity index (χ3v) is 4.17. The van der Waals surface area contributed by atoms with Gasteiger partial charge in [0, 0.05) is 23.6 Å². The summed E-state index contributed by atoms with van der Waals surface area (Å²) in [5, 5.41) is 4.90. The van der Waals surface area contributed by atoms with Gasteiger partial charge in [-0.3, -0.25) is 0 Å². The zero-order chi connectivity index (χ0) is 13.1. The van der Waals surface area contributed by atoms with Gasteiger partial charge >= 0.3 is 0 Å². The Morgan fingerprint density at radius 3 is 2.84 bits per heavy atom. The number of rotatable bonds is 4. The summed E-state index contributed by atoms with van der Waals surface area (Å²) in [7, 11) is 0. The van der Waals surface area contributed by atoms with Crippen LogP contribution in [0.2, 0.25) is 0 Å². The van der Waals surface area contributed by atoms with Crippen LogP contribution in [-0.4, -0.2) is 17.7 Å². The van der Waals surface area contributed by atoms with Crippen LogP contribution in [0.15, 0.2) is 43.1 Å². The van der Waals surface area contributed by atoms with Gasteiger partial charge in [0.15, 0.2) is 0 Å². The first kappa shape index (κ1) is 12.5. The first-order valence-electron chi connectivity index (χ1n) is 7.29. The van der Waals surface area contributed by atoms with Gasteiger partial charge in [-0.15, -0.1) is 6.58 Å². The van der Waals surface area contributed by atoms with E-state index < -0.39 is 0 Å². The van der Waals surface area contributed by atoms with E-state index in [0.29, 0.717) is 0 Å². The lowest BCUT2D eigenvalue weighted by molar-refractivity contribution is 0.461. The number of hydrogen-bond donors (Lipinski definition) is 1. The van der Waals surface area contributed by atoms with Gasteiger partial charge in [0.2, 0.25) is 0 Å². The summed E-state index contributed by atoms with van der Waals surface area (Å²) in [6, 6.07) is 8.81. The monoisotopic (exact) mass is 254 g/mol. The van der Waals surface area contributed by atoms with Crippen LogP contribution < -0.4 is 5.32 Å². The molecule has 19 heavy (non-hydrogen) atoms. The quantitative estimate of drug-likeness (QED) is 0.823. The topological polar surface area (TPSA) is 17.0 Å². The molecule has 2 aromatic rings. The van der Waals surface area contributed by atoms with E-state index in [-0.39, 0.29) is 0 Å². The molecule has 0 saturated carbocycles. The lowest BCUT2D eigenvalue weighted by Gasteiger charge is -2.22. The largest absolute Gasteiger partial charge is 0.347 e. The maximum Gasteiger partial charge on any atom is 0.0483 e. The van der Waals surface area contributed by atoms with E-state index in [1.807, 2.05) is 6.08 Å². The second-order valence-corrected chi connectivity index (χ2v) is 5.40. The minimum absolute atomic E-state index is 0.719. The first-order valence-corrected chi connectivity index (χ1v) is 7.29. The molecule has 0 unspecified atom stereocenters. The standard InChI is InChI=1S/C17H22N2/c1-2-3-12-19-13-16(14-8-10-18-11-9-14)15-6-4-5-7-17(15)19/h2,4-7,13-14,18H,1,3,8-12H2. The van der Waals surface area contributed by atoms with Gasteiger partial charge in [-0.05, 0) is 49.9 Å². The van der Waals surface area contributed by atoms with Gasteiger partial charge in [-0.1, -0.05) is 24.3 Å². The van der Waals surface area contributed by atoms with Crippen LogP contribution in [0.4, 0.5) is 0 Å². The average Bonchev–Trinajstić information content (AvgIpc) is 2.85. The Balaban J connectivity index is 2.00. The number of fused-ring (bicyclic) bond motifs is 1. The minimum atomic E-state index is 0.719. The summed E-state index contributed by atoms with van der Waals surface area (Å²) < 4.78 is 2.40. The fraction of sp³-hybridized carbons (Fsp3) is 0.412. The molecule has 0 aliphatic carbocycles. The summed E-state index contributed by atoms with van der Waals surface area (Å²) in [5.74, 6) is 0.719. The van der Waals surface area contributed by atoms with E-state index in [4.69, 9.17) is 0 Å². The van der Waals surface area contributed by atoms with E-state index in [1.54, 1.807) is 5.56 Å². The summed E-state index contributed by atoms with van der Waals surface area (Å²) >= 11 is 0. The Labute approximate surface area is 115 Å². The average molecular weight is 254 g/mol. The molecule has 2 heterocycles. The Kier molecular flexibility index (Phi) is 3.69. The molecule has 0 spiro atoms. The summed E-state index contributed by atoms with van der Waals surface area (Å²) in [5.41, 5.74) is 2.92. The van der Waals surface area contributed by atoms with Gasteiger partial charge in [0.05, 0.1) is 0 Å². The second-order valence-electron chi connectivity index (χ2n) is 5.40. The highest BCUT2D eigenvalue weighted by molar-refractivity contribution is 5.84. The van der Waals surface area contributed by atoms with E-state index in [1.165, 1.54) is 23.7 Å². The first-order chi connectivity index (χ1) is 9.40. The van der Waals surface area contributed by atoms with Crippen molar-refractivity contribution in [3.05, 3.63) is 48.7 Å². The molecule has 1 saturated heterocycles. The summed E-state index contributed by atoms with van der Waals surface area (Å²) in [6.45, 7) is 7.17. The van der Waals surface area contributed by atoms with Crippen molar-refractivity contribution in [3.8, 4) is 0 Å². The van der Waals surface area contributed by atoms with Gasteiger partial charge in [-0.2, -0.15) is 0 Å². The molecule has 0 bridgehead atoms. The van der Waals surface area contributed by atoms with Crippen molar-refractivity contribution in [1.82, 2.24) is 9.88 Å². The lowest BCUT2D eigenvalue weighted by atomic mass is 9.90. The summed E-state index contributed by atoms with van der Waals surface area (Å²) in [6.07, 6.45) is 7.93. The Bertz CT molecular complexity index is 562. The highest BCUT2D eigenvalue weighted by Gasteiger charge is 2.19. The molecule has 0 amide bonds. The number of aromatic nitrogens is 1. The number of allylic oxidation sites excluding steroid dienone is 1. The van der Waals surface area contributed by atoms with Crippen LogP contribution in [0.3, 0.4) is 0 Å². The van der Waals surface area contributed by atoms with Crippen molar-refractivity contribution >= 4 is 10.9 Å². The SMILES string of the molecule is C=CCCn1cc(C2CCNCC2)c2ccccc21. The maximum absolute atomic E-state index is 3.83. The third kappa shape index (κ3) is 2.45. The van der Waals surface area contributed by atoms with Crippen LogP contribution in [0, 0.1) is 0 Å². The van der Waals surface area contributed by atoms with Crippen LogP contribution in [0.5, 0.6) is 0 Å². The molecule has 2 nitrogen and oxygen atoms in total. The number of aryl methyl sites for hydroxylation is 1. The number of benzene rings is 1. The molecule has 1 aliphatic heterocycles. The molecular weight excluding hydrogens is 232 g/mol. The van der Waals surface area contributed by atoms with Crippen molar-refractivity contribution in [2.75, 3.05) is 13.1 Å². The van der Waals surface area contributed by atoms with Crippen LogP contribution in [0.25, 0.3) is 10.9 Å². The maximum atomic E-state index is 3.83. The van der Waals surface area contributed by atoms with E-state index in [9.17, 15) is 0 Å². The predicted octanol–water partition coefficient (Wildman–Crippen LogP) is 3.68. The van der Waals surface area contributed by atoms with Gasteiger partial charge in [-0.25, -0.2) is 0 Å². The Morgan fingerprint density at radius 1 is 1.26 bits per heavy atom. The Hall–Kier alpha value is -1.54. The summed E-state index contributed by atoms with van der Waals surface area (Å²) in [4.78, 5) is 0. The lowest BCUT2D eigenvalue weighted by Crippen LogP contribution is -2.26. The van der Waals surface area contributed by atoms with Crippen molar-refractivity contribution in [1.29, 1.82) is 0 Å². The molecule has 1 aromatic carbocycles. The van der Waals surface area contributed by atoms with E-state index in [0.717, 1.165) is 32.0 Å². The van der Waals surface area contributed by atoms with Crippen molar-refractivity contribution in [2.45, 2.75) is 31.7 Å². The normalized spacial score (nSPS) is 16.8. The molecule has 1 aliphatic rings. The van der Waals surface area contributed by atoms with Crippen LogP contribution in [-0.2, 0) is 6.54 Å². The molecule has 3 rings (SSSR count). The van der Waals surface area contributed by atoms with Crippen molar-refractivity contribution in [3.63, 3.8) is 0 Å². The smallest absolute Gasteiger partial charge is 0.0483 e. The molecule has 2 heteroatoms.